The zero-order valence-electron chi connectivity index (χ0n) is 12.2. The van der Waals surface area contributed by atoms with Gasteiger partial charge in [-0.05, 0) is 30.9 Å². The van der Waals surface area contributed by atoms with Crippen molar-refractivity contribution < 1.29 is 27.5 Å². The van der Waals surface area contributed by atoms with Gasteiger partial charge in [0.05, 0.1) is 11.5 Å². The SMILES string of the molecule is CCOC(=O)N1CCc2sc(C(=O)C(F)(F)F)cc2C(C)C1. The van der Waals surface area contributed by atoms with Crippen LogP contribution in [0.3, 0.4) is 0 Å². The molecule has 0 fully saturated rings. The van der Waals surface area contributed by atoms with Crippen LogP contribution in [0.15, 0.2) is 6.07 Å². The van der Waals surface area contributed by atoms with Gasteiger partial charge in [0.2, 0.25) is 0 Å². The molecule has 1 unspecified atom stereocenters. The van der Waals surface area contributed by atoms with Gasteiger partial charge in [0.1, 0.15) is 0 Å². The van der Waals surface area contributed by atoms with Gasteiger partial charge in [-0.15, -0.1) is 11.3 Å². The smallest absolute Gasteiger partial charge is 0.450 e. The Bertz CT molecular complexity index is 582. The van der Waals surface area contributed by atoms with Gasteiger partial charge in [-0.25, -0.2) is 4.79 Å². The lowest BCUT2D eigenvalue weighted by Crippen LogP contribution is -2.34. The summed E-state index contributed by atoms with van der Waals surface area (Å²) in [7, 11) is 0. The predicted octanol–water partition coefficient (Wildman–Crippen LogP) is 3.61. The molecule has 0 saturated carbocycles. The average Bonchev–Trinajstić information content (AvgIpc) is 2.79. The molecule has 0 aliphatic carbocycles. The van der Waals surface area contributed by atoms with E-state index in [9.17, 15) is 22.8 Å². The van der Waals surface area contributed by atoms with Crippen molar-refractivity contribution in [1.29, 1.82) is 0 Å². The third-order valence-electron chi connectivity index (χ3n) is 3.48. The summed E-state index contributed by atoms with van der Waals surface area (Å²) < 4.78 is 42.5. The summed E-state index contributed by atoms with van der Waals surface area (Å²) in [4.78, 5) is 25.1. The third kappa shape index (κ3) is 3.43. The first-order valence-corrected chi connectivity index (χ1v) is 7.71. The number of halogens is 3. The molecule has 2 rings (SSSR count). The fourth-order valence-corrected chi connectivity index (χ4v) is 3.68. The second-order valence-electron chi connectivity index (χ2n) is 5.11. The van der Waals surface area contributed by atoms with Crippen molar-refractivity contribution in [3.05, 3.63) is 21.4 Å². The number of Topliss-reactive ketones (excluding diaryl/α,β-unsaturated/α-hetero) is 1. The van der Waals surface area contributed by atoms with E-state index in [0.29, 0.717) is 25.1 Å². The molecular weight excluding hydrogens is 319 g/mol. The highest BCUT2D eigenvalue weighted by atomic mass is 32.1. The topological polar surface area (TPSA) is 46.6 Å². The van der Waals surface area contributed by atoms with Crippen molar-refractivity contribution in [1.82, 2.24) is 4.90 Å². The van der Waals surface area contributed by atoms with Crippen LogP contribution in [0.2, 0.25) is 0 Å². The number of thiophene rings is 1. The Kier molecular flexibility index (Phi) is 4.79. The Labute approximate surface area is 129 Å². The Morgan fingerprint density at radius 3 is 2.73 bits per heavy atom. The van der Waals surface area contributed by atoms with Crippen molar-refractivity contribution in [3.8, 4) is 0 Å². The maximum absolute atomic E-state index is 12.5. The van der Waals surface area contributed by atoms with Gasteiger partial charge in [0.25, 0.3) is 5.78 Å². The molecule has 1 aromatic rings. The molecule has 1 amide bonds. The van der Waals surface area contributed by atoms with Crippen LogP contribution in [0, 0.1) is 0 Å². The number of ketones is 1. The first kappa shape index (κ1) is 16.8. The number of alkyl halides is 3. The lowest BCUT2D eigenvalue weighted by Gasteiger charge is -2.22. The summed E-state index contributed by atoms with van der Waals surface area (Å²) in [5.74, 6) is -1.95. The van der Waals surface area contributed by atoms with Crippen molar-refractivity contribution in [2.24, 2.45) is 0 Å². The van der Waals surface area contributed by atoms with Crippen LogP contribution in [0.1, 0.15) is 39.9 Å². The van der Waals surface area contributed by atoms with Crippen LogP contribution in [-0.2, 0) is 11.2 Å². The van der Waals surface area contributed by atoms with E-state index in [1.165, 1.54) is 6.07 Å². The molecule has 1 aliphatic heterocycles. The van der Waals surface area contributed by atoms with E-state index in [-0.39, 0.29) is 17.4 Å². The summed E-state index contributed by atoms with van der Waals surface area (Å²) in [6.07, 6.45) is -4.85. The van der Waals surface area contributed by atoms with E-state index < -0.39 is 18.1 Å². The molecule has 122 valence electrons. The molecule has 0 bridgehead atoms. The van der Waals surface area contributed by atoms with Crippen LogP contribution in [0.25, 0.3) is 0 Å². The van der Waals surface area contributed by atoms with Gasteiger partial charge in [0, 0.05) is 18.0 Å². The molecule has 0 saturated heterocycles. The van der Waals surface area contributed by atoms with Crippen LogP contribution >= 0.6 is 11.3 Å². The maximum atomic E-state index is 12.5. The highest BCUT2D eigenvalue weighted by Gasteiger charge is 2.41. The van der Waals surface area contributed by atoms with Crippen molar-refractivity contribution in [2.75, 3.05) is 19.7 Å². The Morgan fingerprint density at radius 1 is 1.45 bits per heavy atom. The van der Waals surface area contributed by atoms with E-state index in [4.69, 9.17) is 4.74 Å². The molecule has 0 spiro atoms. The summed E-state index contributed by atoms with van der Waals surface area (Å²) in [5, 5.41) is 0. The molecule has 4 nitrogen and oxygen atoms in total. The predicted molar refractivity (Wildman–Crippen MR) is 75.4 cm³/mol. The van der Waals surface area contributed by atoms with Crippen LogP contribution < -0.4 is 0 Å². The zero-order chi connectivity index (χ0) is 16.5. The first-order chi connectivity index (χ1) is 10.2. The fraction of sp³-hybridized carbons (Fsp3) is 0.571. The summed E-state index contributed by atoms with van der Waals surface area (Å²) in [6, 6.07) is 1.31. The molecule has 0 aromatic carbocycles. The van der Waals surface area contributed by atoms with Crippen molar-refractivity contribution >= 4 is 23.2 Å². The Hall–Kier alpha value is -1.57. The zero-order valence-corrected chi connectivity index (χ0v) is 13.0. The average molecular weight is 335 g/mol. The van der Waals surface area contributed by atoms with Gasteiger partial charge in [-0.2, -0.15) is 13.2 Å². The van der Waals surface area contributed by atoms with Crippen LogP contribution in [-0.4, -0.2) is 42.6 Å². The number of ether oxygens (including phenoxy) is 1. The highest BCUT2D eigenvalue weighted by molar-refractivity contribution is 7.14. The fourth-order valence-electron chi connectivity index (χ4n) is 2.44. The Morgan fingerprint density at radius 2 is 2.14 bits per heavy atom. The van der Waals surface area contributed by atoms with Gasteiger partial charge < -0.3 is 9.64 Å². The van der Waals surface area contributed by atoms with Gasteiger partial charge in [-0.1, -0.05) is 6.92 Å². The number of amides is 1. The molecule has 0 N–H and O–H groups in total. The second kappa shape index (κ2) is 6.28. The van der Waals surface area contributed by atoms with Crippen molar-refractivity contribution in [2.45, 2.75) is 32.4 Å². The lowest BCUT2D eigenvalue weighted by molar-refractivity contribution is -0.0882. The number of nitrogens with zero attached hydrogens (tertiary/aromatic N) is 1. The normalized spacial score (nSPS) is 18.6. The minimum Gasteiger partial charge on any atom is -0.450 e. The van der Waals surface area contributed by atoms with Gasteiger partial charge in [0.15, 0.2) is 0 Å². The molecule has 1 aliphatic rings. The molecule has 0 radical (unpaired) electrons. The van der Waals surface area contributed by atoms with Crippen LogP contribution in [0.5, 0.6) is 0 Å². The molecule has 8 heteroatoms. The number of carbonyl (C=O) groups excluding carboxylic acids is 2. The van der Waals surface area contributed by atoms with Crippen molar-refractivity contribution in [3.63, 3.8) is 0 Å². The lowest BCUT2D eigenvalue weighted by atomic mass is 10.0. The summed E-state index contributed by atoms with van der Waals surface area (Å²) in [5.41, 5.74) is 0.712. The van der Waals surface area contributed by atoms with E-state index in [0.717, 1.165) is 16.2 Å². The quantitative estimate of drug-likeness (QED) is 0.776. The number of carbonyl (C=O) groups is 2. The largest absolute Gasteiger partial charge is 0.455 e. The van der Waals surface area contributed by atoms with E-state index in [1.54, 1.807) is 11.8 Å². The number of hydrogen-bond donors (Lipinski definition) is 0. The standard InChI is InChI=1S/C14H16F3NO3S/c1-3-21-13(20)18-5-4-10-9(8(2)7-18)6-11(22-10)12(19)14(15,16)17/h6,8H,3-5,7H2,1-2H3. The molecule has 22 heavy (non-hydrogen) atoms. The van der Waals surface area contributed by atoms with Crippen LogP contribution in [0.4, 0.5) is 18.0 Å². The minimum absolute atomic E-state index is 0.145. The van der Waals surface area contributed by atoms with Gasteiger partial charge in [-0.3, -0.25) is 4.79 Å². The summed E-state index contributed by atoms with van der Waals surface area (Å²) in [6.45, 7) is 4.55. The second-order valence-corrected chi connectivity index (χ2v) is 6.25. The van der Waals surface area contributed by atoms with Gasteiger partial charge >= 0.3 is 12.3 Å². The monoisotopic (exact) mass is 335 g/mol. The Balaban J connectivity index is 2.20. The highest BCUT2D eigenvalue weighted by Crippen LogP contribution is 2.35. The number of rotatable bonds is 2. The molecular formula is C14H16F3NO3S. The minimum atomic E-state index is -4.86. The third-order valence-corrected chi connectivity index (χ3v) is 4.69. The van der Waals surface area contributed by atoms with E-state index in [2.05, 4.69) is 0 Å². The van der Waals surface area contributed by atoms with E-state index >= 15 is 0 Å². The summed E-state index contributed by atoms with van der Waals surface area (Å²) >= 11 is 0.866. The molecule has 1 atom stereocenters. The van der Waals surface area contributed by atoms with E-state index in [1.807, 2.05) is 6.92 Å². The number of hydrogen-bond acceptors (Lipinski definition) is 4. The number of fused-ring (bicyclic) bond motifs is 1. The maximum Gasteiger partial charge on any atom is 0.455 e. The molecule has 1 aromatic heterocycles. The molecule has 2 heterocycles. The first-order valence-electron chi connectivity index (χ1n) is 6.89.